The van der Waals surface area contributed by atoms with Crippen LogP contribution >= 0.6 is 11.6 Å². The van der Waals surface area contributed by atoms with Gasteiger partial charge in [0.1, 0.15) is 10.8 Å². The molecule has 2 aromatic carbocycles. The Morgan fingerprint density at radius 3 is 2.76 bits per heavy atom. The van der Waals surface area contributed by atoms with Gasteiger partial charge in [-0.2, -0.15) is 4.98 Å². The lowest BCUT2D eigenvalue weighted by molar-refractivity contribution is 0.104. The Balaban J connectivity index is 1.57. The number of rotatable bonds is 8. The first kappa shape index (κ1) is 23.3. The molecular formula is C24H26ClN7O2. The number of methoxy groups -OCH3 is 1. The summed E-state index contributed by atoms with van der Waals surface area (Å²) >= 11 is 6.32. The van der Waals surface area contributed by atoms with Crippen LogP contribution in [0.1, 0.15) is 10.4 Å². The minimum absolute atomic E-state index is 0.270. The molecule has 10 heteroatoms. The molecule has 34 heavy (non-hydrogen) atoms. The summed E-state index contributed by atoms with van der Waals surface area (Å²) in [6.07, 6.45) is 2.70. The van der Waals surface area contributed by atoms with E-state index in [1.165, 1.54) is 12.3 Å². The fourth-order valence-corrected chi connectivity index (χ4v) is 3.80. The fraction of sp³-hybridized carbons (Fsp3) is 0.208. The van der Waals surface area contributed by atoms with E-state index >= 15 is 0 Å². The highest BCUT2D eigenvalue weighted by atomic mass is 35.5. The van der Waals surface area contributed by atoms with Gasteiger partial charge in [-0.05, 0) is 30.3 Å². The number of allylic oxidation sites excluding steroid dienone is 1. The van der Waals surface area contributed by atoms with Crippen LogP contribution in [0.2, 0.25) is 5.02 Å². The van der Waals surface area contributed by atoms with E-state index in [9.17, 15) is 4.79 Å². The van der Waals surface area contributed by atoms with Crippen LogP contribution in [-0.2, 0) is 0 Å². The minimum atomic E-state index is -0.270. The number of benzene rings is 2. The molecule has 0 spiro atoms. The number of nitrogens with one attached hydrogen (secondary N) is 3. The van der Waals surface area contributed by atoms with E-state index in [1.54, 1.807) is 25.3 Å². The SMILES string of the molecule is C=CC(=O)c1cccc(Nc2nc(Nc3ccc(N4CCNCC4)cc3OC)ncc2Cl)c1N. The summed E-state index contributed by atoms with van der Waals surface area (Å²) in [5.74, 6) is 1.06. The molecule has 5 N–H and O–H groups in total. The average molecular weight is 480 g/mol. The number of carbonyl (C=O) groups excluding carboxylic acids is 1. The number of piperazine rings is 1. The molecule has 1 saturated heterocycles. The standard InChI is InChI=1S/C24H26ClN7O2/c1-3-20(33)16-5-4-6-19(22(16)26)29-23-17(25)14-28-24(31-23)30-18-8-7-15(13-21(18)34-2)32-11-9-27-10-12-32/h3-8,13-14,27H,1,9-12,26H2,2H3,(H2,28,29,30,31). The van der Waals surface area contributed by atoms with Crippen molar-refractivity contribution >= 4 is 51.9 Å². The number of ether oxygens (including phenoxy) is 1. The third-order valence-corrected chi connectivity index (χ3v) is 5.74. The first-order valence-corrected chi connectivity index (χ1v) is 11.1. The number of carbonyl (C=O) groups is 1. The van der Waals surface area contributed by atoms with Gasteiger partial charge >= 0.3 is 0 Å². The Bertz CT molecular complexity index is 1210. The van der Waals surface area contributed by atoms with Gasteiger partial charge in [-0.1, -0.05) is 24.2 Å². The van der Waals surface area contributed by atoms with E-state index < -0.39 is 0 Å². The van der Waals surface area contributed by atoms with Crippen LogP contribution in [0.25, 0.3) is 0 Å². The number of ketones is 1. The second-order valence-corrected chi connectivity index (χ2v) is 8.00. The molecule has 0 amide bonds. The Hall–Kier alpha value is -3.82. The predicted molar refractivity (Wildman–Crippen MR) is 137 cm³/mol. The molecular weight excluding hydrogens is 454 g/mol. The van der Waals surface area contributed by atoms with Gasteiger partial charge in [0.05, 0.1) is 30.4 Å². The molecule has 0 atom stereocenters. The molecule has 3 aromatic rings. The Labute approximate surface area is 203 Å². The number of nitrogens with zero attached hydrogens (tertiary/aromatic N) is 3. The highest BCUT2D eigenvalue weighted by Crippen LogP contribution is 2.33. The minimum Gasteiger partial charge on any atom is -0.494 e. The van der Waals surface area contributed by atoms with Gasteiger partial charge in [0.15, 0.2) is 11.6 Å². The maximum absolute atomic E-state index is 12.0. The molecule has 0 saturated carbocycles. The number of hydrogen-bond acceptors (Lipinski definition) is 9. The molecule has 2 heterocycles. The number of nitrogens with two attached hydrogens (primary N) is 1. The number of para-hydroxylation sites is 1. The molecule has 0 unspecified atom stereocenters. The summed E-state index contributed by atoms with van der Waals surface area (Å²) in [4.78, 5) is 23.1. The topological polar surface area (TPSA) is 117 Å². The van der Waals surface area contributed by atoms with Crippen molar-refractivity contribution in [3.63, 3.8) is 0 Å². The number of nitrogen functional groups attached to an aromatic ring is 1. The van der Waals surface area contributed by atoms with Crippen LogP contribution in [0, 0.1) is 0 Å². The van der Waals surface area contributed by atoms with Gasteiger partial charge in [0.25, 0.3) is 0 Å². The summed E-state index contributed by atoms with van der Waals surface area (Å²) in [6, 6.07) is 11.0. The first-order valence-electron chi connectivity index (χ1n) is 10.8. The zero-order chi connectivity index (χ0) is 24.1. The lowest BCUT2D eigenvalue weighted by atomic mass is 10.1. The molecule has 1 fully saturated rings. The van der Waals surface area contributed by atoms with E-state index in [1.807, 2.05) is 18.2 Å². The normalized spacial score (nSPS) is 13.3. The monoisotopic (exact) mass is 479 g/mol. The molecule has 1 aliphatic heterocycles. The van der Waals surface area contributed by atoms with Gasteiger partial charge in [-0.25, -0.2) is 4.98 Å². The van der Waals surface area contributed by atoms with E-state index in [0.717, 1.165) is 31.9 Å². The van der Waals surface area contributed by atoms with Crippen LogP contribution in [0.4, 0.5) is 34.5 Å². The Morgan fingerprint density at radius 2 is 2.03 bits per heavy atom. The number of hydrogen-bond donors (Lipinski definition) is 4. The molecule has 4 rings (SSSR count). The molecule has 0 bridgehead atoms. The highest BCUT2D eigenvalue weighted by molar-refractivity contribution is 6.33. The van der Waals surface area contributed by atoms with Crippen molar-refractivity contribution in [2.45, 2.75) is 0 Å². The lowest BCUT2D eigenvalue weighted by Crippen LogP contribution is -2.43. The first-order chi connectivity index (χ1) is 16.5. The summed E-state index contributed by atoms with van der Waals surface area (Å²) < 4.78 is 5.60. The number of anilines is 6. The van der Waals surface area contributed by atoms with Gasteiger partial charge in [-0.15, -0.1) is 0 Å². The van der Waals surface area contributed by atoms with E-state index in [-0.39, 0.29) is 11.5 Å². The van der Waals surface area contributed by atoms with Crippen LogP contribution in [0.5, 0.6) is 5.75 Å². The molecule has 1 aromatic heterocycles. The zero-order valence-electron chi connectivity index (χ0n) is 18.8. The van der Waals surface area contributed by atoms with Crippen molar-refractivity contribution in [1.82, 2.24) is 15.3 Å². The van der Waals surface area contributed by atoms with Crippen molar-refractivity contribution in [1.29, 1.82) is 0 Å². The van der Waals surface area contributed by atoms with Crippen molar-refractivity contribution in [2.24, 2.45) is 0 Å². The van der Waals surface area contributed by atoms with Gasteiger partial charge in [-0.3, -0.25) is 4.79 Å². The van der Waals surface area contributed by atoms with Crippen LogP contribution in [0.15, 0.2) is 55.3 Å². The molecule has 0 aliphatic carbocycles. The maximum Gasteiger partial charge on any atom is 0.229 e. The molecule has 0 radical (unpaired) electrons. The van der Waals surface area contributed by atoms with Crippen molar-refractivity contribution in [3.8, 4) is 5.75 Å². The van der Waals surface area contributed by atoms with Gasteiger partial charge in [0, 0.05) is 43.5 Å². The van der Waals surface area contributed by atoms with Gasteiger partial charge in [0.2, 0.25) is 5.95 Å². The van der Waals surface area contributed by atoms with E-state index in [0.29, 0.717) is 39.5 Å². The molecule has 9 nitrogen and oxygen atoms in total. The second-order valence-electron chi connectivity index (χ2n) is 7.60. The van der Waals surface area contributed by atoms with Gasteiger partial charge < -0.3 is 31.3 Å². The Morgan fingerprint density at radius 1 is 1.24 bits per heavy atom. The summed E-state index contributed by atoms with van der Waals surface area (Å²) in [7, 11) is 1.62. The van der Waals surface area contributed by atoms with E-state index in [2.05, 4.69) is 37.4 Å². The summed E-state index contributed by atoms with van der Waals surface area (Å²) in [5.41, 5.74) is 9.10. The lowest BCUT2D eigenvalue weighted by Gasteiger charge is -2.30. The molecule has 176 valence electrons. The molecule has 1 aliphatic rings. The number of halogens is 1. The number of aromatic nitrogens is 2. The third kappa shape index (κ3) is 5.05. The predicted octanol–water partition coefficient (Wildman–Crippen LogP) is 3.99. The largest absolute Gasteiger partial charge is 0.494 e. The van der Waals surface area contributed by atoms with Crippen LogP contribution in [-0.4, -0.2) is 49.0 Å². The van der Waals surface area contributed by atoms with Crippen LogP contribution < -0.4 is 31.3 Å². The Kier molecular flexibility index (Phi) is 7.15. The zero-order valence-corrected chi connectivity index (χ0v) is 19.5. The maximum atomic E-state index is 12.0. The van der Waals surface area contributed by atoms with Crippen molar-refractivity contribution < 1.29 is 9.53 Å². The quantitative estimate of drug-likeness (QED) is 0.216. The van der Waals surface area contributed by atoms with Crippen molar-refractivity contribution in [3.05, 3.63) is 65.8 Å². The fourth-order valence-electron chi connectivity index (χ4n) is 3.66. The average Bonchev–Trinajstić information content (AvgIpc) is 2.87. The highest BCUT2D eigenvalue weighted by Gasteiger charge is 2.15. The smallest absolute Gasteiger partial charge is 0.229 e. The summed E-state index contributed by atoms with van der Waals surface area (Å²) in [5, 5.41) is 9.92. The third-order valence-electron chi connectivity index (χ3n) is 5.47. The summed E-state index contributed by atoms with van der Waals surface area (Å²) in [6.45, 7) is 7.29. The van der Waals surface area contributed by atoms with Crippen molar-refractivity contribution in [2.75, 3.05) is 54.6 Å². The van der Waals surface area contributed by atoms with Crippen LogP contribution in [0.3, 0.4) is 0 Å². The second kappa shape index (κ2) is 10.4. The van der Waals surface area contributed by atoms with E-state index in [4.69, 9.17) is 22.1 Å².